The van der Waals surface area contributed by atoms with Gasteiger partial charge in [-0.2, -0.15) is 0 Å². The van der Waals surface area contributed by atoms with Gasteiger partial charge in [0, 0.05) is 5.02 Å². The maximum Gasteiger partial charge on any atom is 0.420 e. The van der Waals surface area contributed by atoms with Crippen molar-refractivity contribution in [1.29, 1.82) is 0 Å². The fourth-order valence-corrected chi connectivity index (χ4v) is 2.86. The molecule has 21 heavy (non-hydrogen) atoms. The van der Waals surface area contributed by atoms with Gasteiger partial charge in [-0.3, -0.25) is 4.57 Å². The first kappa shape index (κ1) is 14.2. The number of ether oxygens (including phenoxy) is 1. The quantitative estimate of drug-likeness (QED) is 0.697. The Morgan fingerprint density at radius 1 is 1.24 bits per heavy atom. The highest BCUT2D eigenvalue weighted by atomic mass is 79.9. The number of hydrogen-bond acceptors (Lipinski definition) is 3. The summed E-state index contributed by atoms with van der Waals surface area (Å²) in [7, 11) is 0. The first-order chi connectivity index (χ1) is 10.1. The zero-order chi connectivity index (χ0) is 14.8. The van der Waals surface area contributed by atoms with Crippen LogP contribution in [0, 0.1) is 0 Å². The third-order valence-electron chi connectivity index (χ3n) is 3.04. The van der Waals surface area contributed by atoms with Crippen LogP contribution in [0.5, 0.6) is 5.75 Å². The molecule has 0 aliphatic carbocycles. The number of halogens is 2. The van der Waals surface area contributed by atoms with E-state index in [1.807, 2.05) is 18.2 Å². The second-order valence-corrected chi connectivity index (χ2v) is 5.70. The number of rotatable bonds is 4. The highest BCUT2D eigenvalue weighted by Crippen LogP contribution is 2.27. The van der Waals surface area contributed by atoms with Crippen molar-refractivity contribution in [2.75, 3.05) is 6.61 Å². The van der Waals surface area contributed by atoms with E-state index in [0.29, 0.717) is 29.5 Å². The summed E-state index contributed by atoms with van der Waals surface area (Å²) in [5.41, 5.74) is 1.34. The molecule has 0 N–H and O–H groups in total. The number of para-hydroxylation sites is 2. The van der Waals surface area contributed by atoms with E-state index in [4.69, 9.17) is 20.8 Å². The average Bonchev–Trinajstić information content (AvgIpc) is 2.77. The molecule has 0 fully saturated rings. The largest absolute Gasteiger partial charge is 0.491 e. The zero-order valence-electron chi connectivity index (χ0n) is 10.9. The molecule has 108 valence electrons. The van der Waals surface area contributed by atoms with E-state index >= 15 is 0 Å². The minimum atomic E-state index is -0.380. The lowest BCUT2D eigenvalue weighted by Gasteiger charge is -2.08. The van der Waals surface area contributed by atoms with Gasteiger partial charge in [0.2, 0.25) is 0 Å². The summed E-state index contributed by atoms with van der Waals surface area (Å²) >= 11 is 9.26. The predicted molar refractivity (Wildman–Crippen MR) is 85.1 cm³/mol. The van der Waals surface area contributed by atoms with Gasteiger partial charge in [0.1, 0.15) is 12.4 Å². The van der Waals surface area contributed by atoms with E-state index < -0.39 is 0 Å². The van der Waals surface area contributed by atoms with Gasteiger partial charge in [-0.05, 0) is 46.3 Å². The molecule has 6 heteroatoms. The van der Waals surface area contributed by atoms with Crippen molar-refractivity contribution in [3.63, 3.8) is 0 Å². The summed E-state index contributed by atoms with van der Waals surface area (Å²) in [6.07, 6.45) is 0. The SMILES string of the molecule is O=c1oc2ccccc2n1CCOc1ccc(Cl)cc1Br. The van der Waals surface area contributed by atoms with Crippen LogP contribution in [-0.2, 0) is 6.54 Å². The Bertz CT molecular complexity index is 840. The van der Waals surface area contributed by atoms with Crippen LogP contribution in [0.4, 0.5) is 0 Å². The molecule has 1 aromatic heterocycles. The van der Waals surface area contributed by atoms with Gasteiger partial charge in [0.05, 0.1) is 16.5 Å². The van der Waals surface area contributed by atoms with Crippen LogP contribution in [0.2, 0.25) is 5.02 Å². The van der Waals surface area contributed by atoms with Crippen LogP contribution >= 0.6 is 27.5 Å². The molecule has 0 aliphatic heterocycles. The first-order valence-corrected chi connectivity index (χ1v) is 7.48. The fraction of sp³-hybridized carbons (Fsp3) is 0.133. The van der Waals surface area contributed by atoms with Gasteiger partial charge in [-0.15, -0.1) is 0 Å². The van der Waals surface area contributed by atoms with Crippen LogP contribution in [0.15, 0.2) is 56.1 Å². The highest BCUT2D eigenvalue weighted by molar-refractivity contribution is 9.10. The van der Waals surface area contributed by atoms with E-state index in [0.717, 1.165) is 9.99 Å². The standard InChI is InChI=1S/C15H11BrClNO3/c16-11-9-10(17)5-6-13(11)20-8-7-18-12-3-1-2-4-14(12)21-15(18)19/h1-6,9H,7-8H2. The van der Waals surface area contributed by atoms with Crippen LogP contribution in [0.3, 0.4) is 0 Å². The molecular formula is C15H11BrClNO3. The molecule has 3 aromatic rings. The van der Waals surface area contributed by atoms with Crippen molar-refractivity contribution >= 4 is 38.6 Å². The molecule has 4 nitrogen and oxygen atoms in total. The Balaban J connectivity index is 1.75. The highest BCUT2D eigenvalue weighted by Gasteiger charge is 2.08. The molecule has 0 saturated heterocycles. The Morgan fingerprint density at radius 3 is 2.86 bits per heavy atom. The summed E-state index contributed by atoms with van der Waals surface area (Å²) in [6.45, 7) is 0.759. The topological polar surface area (TPSA) is 44.4 Å². The molecule has 0 amide bonds. The molecule has 0 unspecified atom stereocenters. The smallest absolute Gasteiger partial charge is 0.420 e. The molecule has 0 atom stereocenters. The Kier molecular flexibility index (Phi) is 4.03. The molecule has 3 rings (SSSR count). The third kappa shape index (κ3) is 2.99. The number of aromatic nitrogens is 1. The summed E-state index contributed by atoms with van der Waals surface area (Å²) in [5, 5.41) is 0.631. The van der Waals surface area contributed by atoms with Gasteiger partial charge in [0.25, 0.3) is 0 Å². The van der Waals surface area contributed by atoms with Crippen molar-refractivity contribution < 1.29 is 9.15 Å². The maximum absolute atomic E-state index is 11.8. The number of hydrogen-bond donors (Lipinski definition) is 0. The fourth-order valence-electron chi connectivity index (χ4n) is 2.06. The van der Waals surface area contributed by atoms with Crippen molar-refractivity contribution in [3.8, 4) is 5.75 Å². The summed E-state index contributed by atoms with van der Waals surface area (Å²) in [4.78, 5) is 11.8. The van der Waals surface area contributed by atoms with E-state index in [9.17, 15) is 4.79 Å². The van der Waals surface area contributed by atoms with Crippen LogP contribution in [0.1, 0.15) is 0 Å². The lowest BCUT2D eigenvalue weighted by Crippen LogP contribution is -2.18. The summed E-state index contributed by atoms with van der Waals surface area (Å²) in [6, 6.07) is 12.6. The maximum atomic E-state index is 11.8. The van der Waals surface area contributed by atoms with Crippen molar-refractivity contribution in [2.45, 2.75) is 6.54 Å². The van der Waals surface area contributed by atoms with E-state index in [2.05, 4.69) is 15.9 Å². The second-order valence-electron chi connectivity index (χ2n) is 4.41. The zero-order valence-corrected chi connectivity index (χ0v) is 13.2. The van der Waals surface area contributed by atoms with Gasteiger partial charge in [-0.25, -0.2) is 4.79 Å². The van der Waals surface area contributed by atoms with Crippen molar-refractivity contribution in [1.82, 2.24) is 4.57 Å². The number of benzene rings is 2. The molecule has 0 spiro atoms. The first-order valence-electron chi connectivity index (χ1n) is 6.31. The Hall–Kier alpha value is -1.72. The van der Waals surface area contributed by atoms with Crippen molar-refractivity contribution in [2.24, 2.45) is 0 Å². The Morgan fingerprint density at radius 2 is 2.05 bits per heavy atom. The lowest BCUT2D eigenvalue weighted by atomic mass is 10.3. The minimum Gasteiger partial charge on any atom is -0.491 e. The predicted octanol–water partition coefficient (Wildman–Crippen LogP) is 4.09. The van der Waals surface area contributed by atoms with Gasteiger partial charge in [-0.1, -0.05) is 23.7 Å². The number of nitrogens with zero attached hydrogens (tertiary/aromatic N) is 1. The van der Waals surface area contributed by atoms with E-state index in [-0.39, 0.29) is 5.76 Å². The van der Waals surface area contributed by atoms with Crippen LogP contribution in [-0.4, -0.2) is 11.2 Å². The minimum absolute atomic E-state index is 0.351. The molecule has 2 aromatic carbocycles. The molecule has 1 heterocycles. The van der Waals surface area contributed by atoms with Crippen LogP contribution < -0.4 is 10.5 Å². The van der Waals surface area contributed by atoms with Crippen LogP contribution in [0.25, 0.3) is 11.1 Å². The van der Waals surface area contributed by atoms with Crippen molar-refractivity contribution in [3.05, 3.63) is 62.5 Å². The average molecular weight is 369 g/mol. The molecule has 0 bridgehead atoms. The number of oxazole rings is 1. The lowest BCUT2D eigenvalue weighted by molar-refractivity contribution is 0.292. The molecule has 0 aliphatic rings. The second kappa shape index (κ2) is 5.95. The normalized spacial score (nSPS) is 11.0. The monoisotopic (exact) mass is 367 g/mol. The van der Waals surface area contributed by atoms with Gasteiger partial charge in [0.15, 0.2) is 5.58 Å². The number of fused-ring (bicyclic) bond motifs is 1. The molecule has 0 saturated carbocycles. The van der Waals surface area contributed by atoms with E-state index in [1.165, 1.54) is 0 Å². The third-order valence-corrected chi connectivity index (χ3v) is 3.89. The summed E-state index contributed by atoms with van der Waals surface area (Å²) < 4.78 is 13.2. The summed E-state index contributed by atoms with van der Waals surface area (Å²) in [5.74, 6) is 0.301. The Labute approximate surface area is 134 Å². The molecular weight excluding hydrogens is 358 g/mol. The van der Waals surface area contributed by atoms with Gasteiger partial charge < -0.3 is 9.15 Å². The molecule has 0 radical (unpaired) electrons. The van der Waals surface area contributed by atoms with E-state index in [1.54, 1.807) is 28.8 Å². The van der Waals surface area contributed by atoms with Gasteiger partial charge >= 0.3 is 5.76 Å².